The molecule has 2 aromatic rings. The van der Waals surface area contributed by atoms with Crippen LogP contribution in [0.2, 0.25) is 0 Å². The summed E-state index contributed by atoms with van der Waals surface area (Å²) in [5.41, 5.74) is 7.83. The molecular formula is C38H56N6O7S. The molecule has 4 amide bonds. The van der Waals surface area contributed by atoms with Gasteiger partial charge in [-0.15, -0.1) is 0 Å². The number of amides is 4. The van der Waals surface area contributed by atoms with E-state index in [1.807, 2.05) is 54.2 Å². The zero-order valence-corrected chi connectivity index (χ0v) is 31.0. The van der Waals surface area contributed by atoms with Crippen LogP contribution in [0.3, 0.4) is 0 Å². The molecular weight excluding hydrogens is 685 g/mol. The smallest absolute Gasteiger partial charge is 0.315 e. The highest BCUT2D eigenvalue weighted by molar-refractivity contribution is 8.00. The van der Waals surface area contributed by atoms with Crippen molar-refractivity contribution >= 4 is 35.4 Å². The number of carbonyl (C=O) groups is 4. The molecule has 0 bridgehead atoms. The Hall–Kier alpha value is -3.53. The Morgan fingerprint density at radius 2 is 1.46 bits per heavy atom. The summed E-state index contributed by atoms with van der Waals surface area (Å²) in [5.74, 6) is 0.924. The van der Waals surface area contributed by atoms with Crippen molar-refractivity contribution in [1.29, 1.82) is 0 Å². The molecule has 4 rings (SSSR count). The van der Waals surface area contributed by atoms with Crippen LogP contribution in [-0.2, 0) is 30.3 Å². The number of fused-ring (bicyclic) bond motifs is 1. The minimum Gasteiger partial charge on any atom is -0.379 e. The highest BCUT2D eigenvalue weighted by Crippen LogP contribution is 2.33. The number of hydrogen-bond acceptors (Lipinski definition) is 10. The first-order valence-electron chi connectivity index (χ1n) is 18.5. The van der Waals surface area contributed by atoms with Crippen molar-refractivity contribution in [2.45, 2.75) is 62.4 Å². The van der Waals surface area contributed by atoms with E-state index in [0.29, 0.717) is 95.2 Å². The highest BCUT2D eigenvalue weighted by Gasteiger charge is 2.42. The van der Waals surface area contributed by atoms with Gasteiger partial charge in [-0.3, -0.25) is 19.3 Å². The van der Waals surface area contributed by atoms with Crippen LogP contribution in [0.1, 0.15) is 60.0 Å². The molecule has 0 aliphatic carbocycles. The maximum atomic E-state index is 12.8. The van der Waals surface area contributed by atoms with Gasteiger partial charge in [-0.1, -0.05) is 61.0 Å². The maximum absolute atomic E-state index is 12.8. The molecule has 6 N–H and O–H groups in total. The number of urea groups is 1. The molecule has 0 spiro atoms. The van der Waals surface area contributed by atoms with Crippen molar-refractivity contribution in [3.63, 3.8) is 0 Å². The third-order valence-electron chi connectivity index (χ3n) is 8.87. The fraction of sp³-hybridized carbons (Fsp3) is 0.579. The molecule has 0 radical (unpaired) electrons. The number of ether oxygens (including phenoxy) is 3. The summed E-state index contributed by atoms with van der Waals surface area (Å²) in [7, 11) is 0. The number of unbranched alkanes of at least 4 members (excludes halogenated alkanes) is 1. The van der Waals surface area contributed by atoms with E-state index in [4.69, 9.17) is 19.9 Å². The van der Waals surface area contributed by atoms with Gasteiger partial charge in [-0.2, -0.15) is 11.8 Å². The van der Waals surface area contributed by atoms with Gasteiger partial charge in [0.1, 0.15) is 0 Å². The van der Waals surface area contributed by atoms with Gasteiger partial charge in [-0.25, -0.2) is 4.79 Å². The second-order valence-electron chi connectivity index (χ2n) is 13.0. The van der Waals surface area contributed by atoms with Crippen LogP contribution in [-0.4, -0.2) is 124 Å². The molecule has 2 saturated heterocycles. The summed E-state index contributed by atoms with van der Waals surface area (Å²) >= 11 is 1.90. The van der Waals surface area contributed by atoms with Crippen molar-refractivity contribution < 1.29 is 33.4 Å². The summed E-state index contributed by atoms with van der Waals surface area (Å²) in [6, 6.07) is 17.1. The second-order valence-corrected chi connectivity index (χ2v) is 14.3. The Bertz CT molecular complexity index is 1370. The van der Waals surface area contributed by atoms with E-state index >= 15 is 0 Å². The molecule has 14 heteroatoms. The zero-order chi connectivity index (χ0) is 36.8. The van der Waals surface area contributed by atoms with E-state index in [1.165, 1.54) is 0 Å². The van der Waals surface area contributed by atoms with Gasteiger partial charge in [-0.05, 0) is 31.2 Å². The lowest BCUT2D eigenvalue weighted by Crippen LogP contribution is -2.39. The largest absolute Gasteiger partial charge is 0.379 e. The van der Waals surface area contributed by atoms with Crippen molar-refractivity contribution in [2.75, 3.05) is 78.1 Å². The average molecular weight is 741 g/mol. The number of rotatable bonds is 27. The number of thioether (sulfide) groups is 1. The first-order valence-corrected chi connectivity index (χ1v) is 19.5. The Labute approximate surface area is 311 Å². The van der Waals surface area contributed by atoms with E-state index in [-0.39, 0.29) is 42.3 Å². The fourth-order valence-electron chi connectivity index (χ4n) is 6.16. The first kappa shape index (κ1) is 41.2. The van der Waals surface area contributed by atoms with Crippen LogP contribution in [0.4, 0.5) is 4.79 Å². The fourth-order valence-corrected chi connectivity index (χ4v) is 7.70. The summed E-state index contributed by atoms with van der Waals surface area (Å²) < 4.78 is 17.0. The molecule has 2 aromatic carbocycles. The SMILES string of the molecule is NCCNC(=O)CN(CCCOCCOCCOCCCNC(=O)CCCC[C@@H]1SC[C@@H]2NC(=O)N[C@@H]21)Cc1ccc(C(=O)c2ccccc2)cc1. The molecule has 13 nitrogen and oxygen atoms in total. The van der Waals surface area contributed by atoms with E-state index in [2.05, 4.69) is 26.2 Å². The number of nitrogens with one attached hydrogen (secondary N) is 4. The van der Waals surface area contributed by atoms with Crippen molar-refractivity contribution in [3.05, 3.63) is 71.3 Å². The highest BCUT2D eigenvalue weighted by atomic mass is 32.2. The Morgan fingerprint density at radius 3 is 2.19 bits per heavy atom. The molecule has 2 heterocycles. The van der Waals surface area contributed by atoms with Gasteiger partial charge < -0.3 is 41.2 Å². The average Bonchev–Trinajstić information content (AvgIpc) is 3.71. The molecule has 0 aromatic heterocycles. The van der Waals surface area contributed by atoms with E-state index in [0.717, 1.165) is 43.4 Å². The van der Waals surface area contributed by atoms with Crippen molar-refractivity contribution in [1.82, 2.24) is 26.2 Å². The molecule has 2 aliphatic rings. The van der Waals surface area contributed by atoms with E-state index in [9.17, 15) is 19.2 Å². The molecule has 52 heavy (non-hydrogen) atoms. The summed E-state index contributed by atoms with van der Waals surface area (Å²) in [5, 5.41) is 12.2. The van der Waals surface area contributed by atoms with Crippen LogP contribution in [0, 0.1) is 0 Å². The standard InChI is InChI=1S/C38H56N6O7S/c39-16-18-41-35(46)27-44(26-29-12-14-31(15-13-29)37(47)30-8-2-1-3-9-30)19-7-21-50-23-25-51-24-22-49-20-6-17-40-34(45)11-5-4-10-33-36-32(28-52-33)42-38(48)43-36/h1-3,8-9,12-15,32-33,36H,4-7,10-11,16-28,39H2,(H,40,45)(H,41,46)(H2,42,43,48)/t32-,33-,36-/m0/s1. The van der Waals surface area contributed by atoms with Gasteiger partial charge in [0.2, 0.25) is 11.8 Å². The predicted octanol–water partition coefficient (Wildman–Crippen LogP) is 2.47. The van der Waals surface area contributed by atoms with Crippen LogP contribution >= 0.6 is 11.8 Å². The van der Waals surface area contributed by atoms with Crippen molar-refractivity contribution in [2.24, 2.45) is 5.73 Å². The van der Waals surface area contributed by atoms with Gasteiger partial charge in [0.05, 0.1) is 45.1 Å². The van der Waals surface area contributed by atoms with E-state index < -0.39 is 0 Å². The summed E-state index contributed by atoms with van der Waals surface area (Å²) in [4.78, 5) is 50.9. The van der Waals surface area contributed by atoms with Crippen LogP contribution in [0.15, 0.2) is 54.6 Å². The van der Waals surface area contributed by atoms with Crippen molar-refractivity contribution in [3.8, 4) is 0 Å². The Balaban J connectivity index is 0.972. The van der Waals surface area contributed by atoms with Gasteiger partial charge in [0, 0.05) is 74.5 Å². The zero-order valence-electron chi connectivity index (χ0n) is 30.2. The minimum absolute atomic E-state index is 0.0206. The molecule has 2 fully saturated rings. The minimum atomic E-state index is -0.0816. The van der Waals surface area contributed by atoms with Crippen LogP contribution < -0.4 is 27.0 Å². The third-order valence-corrected chi connectivity index (χ3v) is 10.4. The molecule has 0 unspecified atom stereocenters. The second kappa shape index (κ2) is 23.9. The molecule has 286 valence electrons. The van der Waals surface area contributed by atoms with Gasteiger partial charge in [0.25, 0.3) is 0 Å². The third kappa shape index (κ3) is 15.2. The Morgan fingerprint density at radius 1 is 0.788 bits per heavy atom. The lowest BCUT2D eigenvalue weighted by Gasteiger charge is -2.22. The molecule has 2 aliphatic heterocycles. The van der Waals surface area contributed by atoms with Gasteiger partial charge >= 0.3 is 6.03 Å². The molecule has 0 saturated carbocycles. The van der Waals surface area contributed by atoms with Crippen LogP contribution in [0.5, 0.6) is 0 Å². The summed E-state index contributed by atoms with van der Waals surface area (Å²) in [6.07, 6.45) is 4.85. The number of carbonyl (C=O) groups excluding carboxylic acids is 4. The Kier molecular flexibility index (Phi) is 19.0. The monoisotopic (exact) mass is 740 g/mol. The normalized spacial score (nSPS) is 17.8. The summed E-state index contributed by atoms with van der Waals surface area (Å²) in [6.45, 7) is 5.84. The number of hydrogen-bond donors (Lipinski definition) is 5. The lowest BCUT2D eigenvalue weighted by atomic mass is 10.0. The number of nitrogens with two attached hydrogens (primary N) is 1. The van der Waals surface area contributed by atoms with Gasteiger partial charge in [0.15, 0.2) is 5.78 Å². The van der Waals surface area contributed by atoms with E-state index in [1.54, 1.807) is 12.1 Å². The molecule has 3 atom stereocenters. The number of nitrogens with zero attached hydrogens (tertiary/aromatic N) is 1. The number of ketones is 1. The quantitative estimate of drug-likeness (QED) is 0.0521. The van der Waals surface area contributed by atoms with Crippen LogP contribution in [0.25, 0.3) is 0 Å². The number of benzene rings is 2. The lowest BCUT2D eigenvalue weighted by molar-refractivity contribution is -0.122. The topological polar surface area (TPSA) is 173 Å². The first-order chi connectivity index (χ1) is 25.4. The predicted molar refractivity (Wildman–Crippen MR) is 202 cm³/mol. The maximum Gasteiger partial charge on any atom is 0.315 e.